The SMILES string of the molecule is CCCC(Cc1ccccc1)NC(=O)NCC(O)c1ccco1. The van der Waals surface area contributed by atoms with E-state index in [1.54, 1.807) is 12.1 Å². The smallest absolute Gasteiger partial charge is 0.315 e. The molecule has 2 atom stereocenters. The van der Waals surface area contributed by atoms with Gasteiger partial charge >= 0.3 is 6.03 Å². The third-order valence-electron chi connectivity index (χ3n) is 3.62. The molecule has 0 aliphatic rings. The van der Waals surface area contributed by atoms with Crippen LogP contribution in [0.25, 0.3) is 0 Å². The molecule has 1 heterocycles. The minimum Gasteiger partial charge on any atom is -0.467 e. The number of carbonyl (C=O) groups excluding carboxylic acids is 1. The number of hydrogen-bond acceptors (Lipinski definition) is 3. The summed E-state index contributed by atoms with van der Waals surface area (Å²) in [5.74, 6) is 0.444. The Balaban J connectivity index is 1.80. The van der Waals surface area contributed by atoms with Crippen LogP contribution in [-0.2, 0) is 6.42 Å². The van der Waals surface area contributed by atoms with Crippen molar-refractivity contribution in [3.05, 3.63) is 60.1 Å². The Morgan fingerprint density at radius 1 is 1.22 bits per heavy atom. The van der Waals surface area contributed by atoms with Crippen molar-refractivity contribution >= 4 is 6.03 Å². The van der Waals surface area contributed by atoms with E-state index in [-0.39, 0.29) is 18.6 Å². The van der Waals surface area contributed by atoms with E-state index in [1.807, 2.05) is 18.2 Å². The molecule has 23 heavy (non-hydrogen) atoms. The molecule has 0 aliphatic heterocycles. The highest BCUT2D eigenvalue weighted by atomic mass is 16.4. The summed E-state index contributed by atoms with van der Waals surface area (Å²) in [7, 11) is 0. The summed E-state index contributed by atoms with van der Waals surface area (Å²) in [4.78, 5) is 12.0. The number of hydrogen-bond donors (Lipinski definition) is 3. The molecular formula is C18H24N2O3. The Kier molecular flexibility index (Phi) is 6.69. The monoisotopic (exact) mass is 316 g/mol. The Labute approximate surface area is 136 Å². The van der Waals surface area contributed by atoms with E-state index >= 15 is 0 Å². The van der Waals surface area contributed by atoms with Gasteiger partial charge in [-0.3, -0.25) is 0 Å². The molecule has 1 aromatic carbocycles. The van der Waals surface area contributed by atoms with Gasteiger partial charge in [-0.2, -0.15) is 0 Å². The molecule has 2 amide bonds. The lowest BCUT2D eigenvalue weighted by Crippen LogP contribution is -2.44. The average Bonchev–Trinajstić information content (AvgIpc) is 3.08. The maximum atomic E-state index is 12.0. The van der Waals surface area contributed by atoms with Crippen molar-refractivity contribution in [2.24, 2.45) is 0 Å². The van der Waals surface area contributed by atoms with E-state index in [2.05, 4.69) is 29.7 Å². The lowest BCUT2D eigenvalue weighted by Gasteiger charge is -2.19. The van der Waals surface area contributed by atoms with Gasteiger partial charge in [0, 0.05) is 6.04 Å². The van der Waals surface area contributed by atoms with Gasteiger partial charge in [0.15, 0.2) is 0 Å². The van der Waals surface area contributed by atoms with Gasteiger partial charge in [-0.1, -0.05) is 43.7 Å². The van der Waals surface area contributed by atoms with Crippen LogP contribution in [0.15, 0.2) is 53.1 Å². The van der Waals surface area contributed by atoms with Crippen LogP contribution in [0.4, 0.5) is 4.79 Å². The maximum absolute atomic E-state index is 12.0. The third kappa shape index (κ3) is 5.79. The molecule has 0 fully saturated rings. The van der Waals surface area contributed by atoms with Gasteiger partial charge in [-0.15, -0.1) is 0 Å². The Bertz CT molecular complexity index is 569. The zero-order chi connectivity index (χ0) is 16.5. The summed E-state index contributed by atoms with van der Waals surface area (Å²) >= 11 is 0. The van der Waals surface area contributed by atoms with Crippen molar-refractivity contribution < 1.29 is 14.3 Å². The first-order valence-corrected chi connectivity index (χ1v) is 7.98. The first-order chi connectivity index (χ1) is 11.2. The lowest BCUT2D eigenvalue weighted by molar-refractivity contribution is 0.147. The largest absolute Gasteiger partial charge is 0.467 e. The first kappa shape index (κ1) is 17.1. The van der Waals surface area contributed by atoms with Crippen LogP contribution >= 0.6 is 0 Å². The molecule has 0 spiro atoms. The number of benzene rings is 1. The van der Waals surface area contributed by atoms with E-state index < -0.39 is 6.10 Å². The zero-order valence-corrected chi connectivity index (χ0v) is 13.4. The average molecular weight is 316 g/mol. The van der Waals surface area contributed by atoms with Crippen molar-refractivity contribution in [3.63, 3.8) is 0 Å². The lowest BCUT2D eigenvalue weighted by atomic mass is 10.0. The van der Waals surface area contributed by atoms with Crippen molar-refractivity contribution in [2.45, 2.75) is 38.3 Å². The van der Waals surface area contributed by atoms with E-state index in [0.29, 0.717) is 5.76 Å². The normalized spacial score (nSPS) is 13.3. The number of nitrogens with one attached hydrogen (secondary N) is 2. The number of carbonyl (C=O) groups is 1. The second-order valence-electron chi connectivity index (χ2n) is 5.56. The standard InChI is InChI=1S/C18H24N2O3/c1-2-7-15(12-14-8-4-3-5-9-14)20-18(22)19-13-16(21)17-10-6-11-23-17/h3-6,8-11,15-16,21H,2,7,12-13H2,1H3,(H2,19,20,22). The second kappa shape index (κ2) is 9.00. The van der Waals surface area contributed by atoms with Crippen LogP contribution in [0.5, 0.6) is 0 Å². The number of urea groups is 1. The van der Waals surface area contributed by atoms with Crippen LogP contribution in [-0.4, -0.2) is 23.7 Å². The highest BCUT2D eigenvalue weighted by molar-refractivity contribution is 5.74. The molecule has 2 unspecified atom stereocenters. The van der Waals surface area contributed by atoms with Gasteiger partial charge in [0.1, 0.15) is 11.9 Å². The van der Waals surface area contributed by atoms with Gasteiger partial charge in [0.25, 0.3) is 0 Å². The van der Waals surface area contributed by atoms with E-state index in [1.165, 1.54) is 11.8 Å². The van der Waals surface area contributed by atoms with E-state index in [9.17, 15) is 9.90 Å². The van der Waals surface area contributed by atoms with Gasteiger partial charge in [0.05, 0.1) is 12.8 Å². The maximum Gasteiger partial charge on any atom is 0.315 e. The van der Waals surface area contributed by atoms with Crippen molar-refractivity contribution in [3.8, 4) is 0 Å². The summed E-state index contributed by atoms with van der Waals surface area (Å²) in [6.07, 6.45) is 3.35. The molecule has 0 radical (unpaired) electrons. The van der Waals surface area contributed by atoms with Crippen LogP contribution in [0.1, 0.15) is 37.2 Å². The molecule has 0 aliphatic carbocycles. The molecule has 2 aromatic rings. The van der Waals surface area contributed by atoms with Crippen LogP contribution < -0.4 is 10.6 Å². The fourth-order valence-corrected chi connectivity index (χ4v) is 2.48. The molecule has 0 saturated heterocycles. The second-order valence-corrected chi connectivity index (χ2v) is 5.56. The van der Waals surface area contributed by atoms with Crippen LogP contribution in [0.2, 0.25) is 0 Å². The van der Waals surface area contributed by atoms with Gasteiger partial charge in [-0.05, 0) is 30.5 Å². The molecule has 0 bridgehead atoms. The number of rotatable bonds is 8. The van der Waals surface area contributed by atoms with E-state index in [4.69, 9.17) is 4.42 Å². The fourth-order valence-electron chi connectivity index (χ4n) is 2.48. The topological polar surface area (TPSA) is 74.5 Å². The number of aliphatic hydroxyl groups is 1. The van der Waals surface area contributed by atoms with Crippen molar-refractivity contribution in [1.82, 2.24) is 10.6 Å². The molecule has 3 N–H and O–H groups in total. The predicted octanol–water partition coefficient (Wildman–Crippen LogP) is 3.02. The third-order valence-corrected chi connectivity index (χ3v) is 3.62. The quantitative estimate of drug-likeness (QED) is 0.701. The Morgan fingerprint density at radius 2 is 2.00 bits per heavy atom. The molecule has 124 valence electrons. The van der Waals surface area contributed by atoms with Crippen molar-refractivity contribution in [1.29, 1.82) is 0 Å². The molecule has 2 rings (SSSR count). The summed E-state index contributed by atoms with van der Waals surface area (Å²) in [5.41, 5.74) is 1.20. The Morgan fingerprint density at radius 3 is 2.65 bits per heavy atom. The zero-order valence-electron chi connectivity index (χ0n) is 13.4. The van der Waals surface area contributed by atoms with Crippen molar-refractivity contribution in [2.75, 3.05) is 6.54 Å². The minimum atomic E-state index is -0.838. The highest BCUT2D eigenvalue weighted by Crippen LogP contribution is 2.11. The fraction of sp³-hybridized carbons (Fsp3) is 0.389. The molecule has 0 saturated carbocycles. The van der Waals surface area contributed by atoms with Gasteiger partial charge < -0.3 is 20.2 Å². The Hall–Kier alpha value is -2.27. The summed E-state index contributed by atoms with van der Waals surface area (Å²) < 4.78 is 5.10. The van der Waals surface area contributed by atoms with Crippen LogP contribution in [0, 0.1) is 0 Å². The molecular weight excluding hydrogens is 292 g/mol. The molecule has 5 heteroatoms. The van der Waals surface area contributed by atoms with Gasteiger partial charge in [-0.25, -0.2) is 4.79 Å². The summed E-state index contributed by atoms with van der Waals surface area (Å²) in [5, 5.41) is 15.6. The molecule has 1 aromatic heterocycles. The molecule has 5 nitrogen and oxygen atoms in total. The number of aliphatic hydroxyl groups excluding tert-OH is 1. The first-order valence-electron chi connectivity index (χ1n) is 7.98. The minimum absolute atomic E-state index is 0.0724. The van der Waals surface area contributed by atoms with E-state index in [0.717, 1.165) is 19.3 Å². The summed E-state index contributed by atoms with van der Waals surface area (Å²) in [6.45, 7) is 2.21. The summed E-state index contributed by atoms with van der Waals surface area (Å²) in [6, 6.07) is 13.3. The highest BCUT2D eigenvalue weighted by Gasteiger charge is 2.15. The van der Waals surface area contributed by atoms with Crippen LogP contribution in [0.3, 0.4) is 0 Å². The number of furan rings is 1. The number of amides is 2. The predicted molar refractivity (Wildman–Crippen MR) is 89.0 cm³/mol. The van der Waals surface area contributed by atoms with Gasteiger partial charge in [0.2, 0.25) is 0 Å².